The highest BCUT2D eigenvalue weighted by Crippen LogP contribution is 2.35. The van der Waals surface area contributed by atoms with Crippen LogP contribution >= 0.6 is 0 Å². The van der Waals surface area contributed by atoms with Crippen molar-refractivity contribution in [2.24, 2.45) is 0 Å². The normalized spacial score (nSPS) is 13.9. The number of hydrogen-bond donors (Lipinski definition) is 3. The SMILES string of the molecule is Oc1cc(F)cc(-c2nccc3[nH]c(-c4n[nH]c5ccc(-c6cncc(OCCN7CCCC7)c6)cc45)cc23)c1. The van der Waals surface area contributed by atoms with Gasteiger partial charge in [-0.3, -0.25) is 20.0 Å². The molecule has 5 heterocycles. The van der Waals surface area contributed by atoms with E-state index in [9.17, 15) is 9.50 Å². The smallest absolute Gasteiger partial charge is 0.138 e. The Morgan fingerprint density at radius 2 is 1.75 bits per heavy atom. The Morgan fingerprint density at radius 1 is 0.875 bits per heavy atom. The molecular formula is C31H27FN6O2. The average molecular weight is 535 g/mol. The maximum Gasteiger partial charge on any atom is 0.138 e. The third-order valence-corrected chi connectivity index (χ3v) is 7.44. The molecule has 0 spiro atoms. The Hall–Kier alpha value is -4.76. The molecule has 6 aromatic rings. The zero-order chi connectivity index (χ0) is 27.1. The fourth-order valence-corrected chi connectivity index (χ4v) is 5.48. The first-order valence-electron chi connectivity index (χ1n) is 13.4. The number of hydrogen-bond acceptors (Lipinski definition) is 6. The van der Waals surface area contributed by atoms with Crippen molar-refractivity contribution in [2.45, 2.75) is 12.8 Å². The quantitative estimate of drug-likeness (QED) is 0.227. The first-order chi connectivity index (χ1) is 19.6. The molecule has 200 valence electrons. The van der Waals surface area contributed by atoms with Crippen LogP contribution in [0.4, 0.5) is 4.39 Å². The van der Waals surface area contributed by atoms with E-state index in [4.69, 9.17) is 4.74 Å². The second-order valence-electron chi connectivity index (χ2n) is 10.1. The molecule has 0 saturated carbocycles. The number of rotatable bonds is 7. The number of benzene rings is 2. The number of aromatic hydroxyl groups is 1. The maximum absolute atomic E-state index is 14.0. The van der Waals surface area contributed by atoms with Gasteiger partial charge in [-0.05, 0) is 74.0 Å². The summed E-state index contributed by atoms with van der Waals surface area (Å²) >= 11 is 0. The van der Waals surface area contributed by atoms with E-state index in [1.54, 1.807) is 12.4 Å². The molecule has 1 aliphatic rings. The zero-order valence-corrected chi connectivity index (χ0v) is 21.7. The number of nitrogens with zero attached hydrogens (tertiary/aromatic N) is 4. The number of halogens is 1. The minimum absolute atomic E-state index is 0.147. The highest BCUT2D eigenvalue weighted by molar-refractivity contribution is 6.00. The van der Waals surface area contributed by atoms with E-state index in [1.807, 2.05) is 36.5 Å². The van der Waals surface area contributed by atoms with Gasteiger partial charge in [0.25, 0.3) is 0 Å². The highest BCUT2D eigenvalue weighted by atomic mass is 19.1. The minimum atomic E-state index is -0.522. The van der Waals surface area contributed by atoms with E-state index in [0.717, 1.165) is 75.8 Å². The summed E-state index contributed by atoms with van der Waals surface area (Å²) in [4.78, 5) is 14.8. The van der Waals surface area contributed by atoms with E-state index in [1.165, 1.54) is 25.0 Å². The molecule has 1 saturated heterocycles. The van der Waals surface area contributed by atoms with E-state index < -0.39 is 5.82 Å². The standard InChI is InChI=1S/C31H27FN6O2/c32-22-11-20(12-23(39)15-22)30-26-16-29(35-27(26)5-6-34-30)31-25-14-19(3-4-28(25)36-37-31)21-13-24(18-33-17-21)40-10-9-38-7-1-2-8-38/h3-6,11-18,35,39H,1-2,7-10H2,(H,36,37). The second kappa shape index (κ2) is 10.1. The Labute approximate surface area is 229 Å². The maximum atomic E-state index is 14.0. The number of phenols is 1. The van der Waals surface area contributed by atoms with Gasteiger partial charge in [0.2, 0.25) is 0 Å². The molecule has 0 bridgehead atoms. The first kappa shape index (κ1) is 24.3. The second-order valence-corrected chi connectivity index (χ2v) is 10.1. The van der Waals surface area contributed by atoms with E-state index in [0.29, 0.717) is 17.9 Å². The lowest BCUT2D eigenvalue weighted by atomic mass is 10.0. The van der Waals surface area contributed by atoms with Crippen molar-refractivity contribution in [1.82, 2.24) is 30.0 Å². The number of nitrogens with one attached hydrogen (secondary N) is 2. The van der Waals surface area contributed by atoms with Crippen molar-refractivity contribution in [3.8, 4) is 45.3 Å². The molecule has 0 radical (unpaired) electrons. The number of H-pyrrole nitrogens is 2. The number of fused-ring (bicyclic) bond motifs is 2. The molecule has 0 aliphatic carbocycles. The van der Waals surface area contributed by atoms with Crippen LogP contribution in [0.3, 0.4) is 0 Å². The van der Waals surface area contributed by atoms with Crippen LogP contribution in [0.25, 0.3) is 55.6 Å². The van der Waals surface area contributed by atoms with Crippen LogP contribution in [-0.4, -0.2) is 61.4 Å². The lowest BCUT2D eigenvalue weighted by molar-refractivity contribution is 0.237. The average Bonchev–Trinajstić information content (AvgIpc) is 3.71. The zero-order valence-electron chi connectivity index (χ0n) is 21.7. The number of aromatic nitrogens is 5. The van der Waals surface area contributed by atoms with Crippen LogP contribution in [0.1, 0.15) is 12.8 Å². The van der Waals surface area contributed by atoms with Gasteiger partial charge < -0.3 is 14.8 Å². The molecule has 7 rings (SSSR count). The van der Waals surface area contributed by atoms with Crippen LogP contribution in [0.2, 0.25) is 0 Å². The number of pyridine rings is 2. The van der Waals surface area contributed by atoms with Gasteiger partial charge in [0.1, 0.15) is 29.6 Å². The minimum Gasteiger partial charge on any atom is -0.508 e. The third-order valence-electron chi connectivity index (χ3n) is 7.44. The van der Waals surface area contributed by atoms with Crippen LogP contribution in [0, 0.1) is 5.82 Å². The van der Waals surface area contributed by atoms with Gasteiger partial charge in [-0.25, -0.2) is 4.39 Å². The molecular weight excluding hydrogens is 507 g/mol. The molecule has 4 aromatic heterocycles. The highest BCUT2D eigenvalue weighted by Gasteiger charge is 2.16. The molecule has 8 nitrogen and oxygen atoms in total. The van der Waals surface area contributed by atoms with Crippen molar-refractivity contribution < 1.29 is 14.2 Å². The van der Waals surface area contributed by atoms with Crippen molar-refractivity contribution in [3.05, 3.63) is 79.0 Å². The van der Waals surface area contributed by atoms with Crippen LogP contribution in [0.5, 0.6) is 11.5 Å². The summed E-state index contributed by atoms with van der Waals surface area (Å²) in [5.41, 5.74) is 6.32. The summed E-state index contributed by atoms with van der Waals surface area (Å²) in [5.74, 6) is 0.0834. The molecule has 1 fully saturated rings. The van der Waals surface area contributed by atoms with Gasteiger partial charge in [-0.2, -0.15) is 5.10 Å². The molecule has 0 atom stereocenters. The van der Waals surface area contributed by atoms with Gasteiger partial charge in [-0.1, -0.05) is 6.07 Å². The third kappa shape index (κ3) is 4.65. The summed E-state index contributed by atoms with van der Waals surface area (Å²) < 4.78 is 20.0. The summed E-state index contributed by atoms with van der Waals surface area (Å²) in [6.45, 7) is 3.87. The van der Waals surface area contributed by atoms with E-state index in [-0.39, 0.29) is 5.75 Å². The first-order valence-corrected chi connectivity index (χ1v) is 13.4. The van der Waals surface area contributed by atoms with Gasteiger partial charge in [0.05, 0.1) is 23.1 Å². The molecule has 2 aromatic carbocycles. The van der Waals surface area contributed by atoms with Gasteiger partial charge >= 0.3 is 0 Å². The van der Waals surface area contributed by atoms with Gasteiger partial charge in [-0.15, -0.1) is 0 Å². The Balaban J connectivity index is 1.21. The topological polar surface area (TPSA) is 103 Å². The Morgan fingerprint density at radius 3 is 2.62 bits per heavy atom. The number of ether oxygens (including phenoxy) is 1. The molecule has 0 amide bonds. The predicted molar refractivity (Wildman–Crippen MR) is 153 cm³/mol. The van der Waals surface area contributed by atoms with Crippen LogP contribution < -0.4 is 4.74 Å². The monoisotopic (exact) mass is 534 g/mol. The van der Waals surface area contributed by atoms with Crippen molar-refractivity contribution >= 4 is 21.8 Å². The summed E-state index contributed by atoms with van der Waals surface area (Å²) in [6.07, 6.45) is 7.79. The number of likely N-dealkylation sites (tertiary alicyclic amines) is 1. The molecule has 0 unspecified atom stereocenters. The van der Waals surface area contributed by atoms with Crippen LogP contribution in [-0.2, 0) is 0 Å². The molecule has 9 heteroatoms. The number of phenolic OH excluding ortho intramolecular Hbond substituents is 1. The molecule has 40 heavy (non-hydrogen) atoms. The number of aromatic amines is 2. The molecule has 3 N–H and O–H groups in total. The summed E-state index contributed by atoms with van der Waals surface area (Å²) in [7, 11) is 0. The van der Waals surface area contributed by atoms with Gasteiger partial charge in [0, 0.05) is 52.4 Å². The van der Waals surface area contributed by atoms with E-state index >= 15 is 0 Å². The Kier molecular flexibility index (Phi) is 6.13. The largest absolute Gasteiger partial charge is 0.508 e. The molecule has 1 aliphatic heterocycles. The summed E-state index contributed by atoms with van der Waals surface area (Å²) in [5, 5.41) is 19.4. The van der Waals surface area contributed by atoms with Crippen molar-refractivity contribution in [3.63, 3.8) is 0 Å². The lowest BCUT2D eigenvalue weighted by Gasteiger charge is -2.15. The van der Waals surface area contributed by atoms with Gasteiger partial charge in [0.15, 0.2) is 0 Å². The van der Waals surface area contributed by atoms with Crippen molar-refractivity contribution in [1.29, 1.82) is 0 Å². The lowest BCUT2D eigenvalue weighted by Crippen LogP contribution is -2.25. The van der Waals surface area contributed by atoms with E-state index in [2.05, 4.69) is 36.1 Å². The van der Waals surface area contributed by atoms with Crippen LogP contribution in [0.15, 0.2) is 73.2 Å². The summed E-state index contributed by atoms with van der Waals surface area (Å²) in [6, 6.07) is 15.9. The van der Waals surface area contributed by atoms with Crippen molar-refractivity contribution in [2.75, 3.05) is 26.2 Å². The fourth-order valence-electron chi connectivity index (χ4n) is 5.48. The predicted octanol–water partition coefficient (Wildman–Crippen LogP) is 6.15. The fraction of sp³-hybridized carbons (Fsp3) is 0.194. The Bertz CT molecular complexity index is 1820.